The van der Waals surface area contributed by atoms with Crippen molar-refractivity contribution in [3.05, 3.63) is 125 Å². The van der Waals surface area contributed by atoms with Crippen molar-refractivity contribution in [1.29, 1.82) is 15.8 Å². The van der Waals surface area contributed by atoms with E-state index in [1.165, 1.54) is 6.08 Å². The highest BCUT2D eigenvalue weighted by Gasteiger charge is 2.28. The summed E-state index contributed by atoms with van der Waals surface area (Å²) in [5, 5.41) is 48.5. The molecule has 45 heavy (non-hydrogen) atoms. The summed E-state index contributed by atoms with van der Waals surface area (Å²) in [5.74, 6) is 1.11. The minimum Gasteiger partial charge on any atom is -0.439 e. The number of ether oxygens (including phenoxy) is 1. The van der Waals surface area contributed by atoms with Crippen LogP contribution in [0.2, 0.25) is 0 Å². The molecule has 9 nitrogen and oxygen atoms in total. The van der Waals surface area contributed by atoms with E-state index in [0.29, 0.717) is 59.8 Å². The number of quaternary nitrogens is 1. The zero-order chi connectivity index (χ0) is 32.2. The Balaban J connectivity index is 1.76. The molecule has 9 heteroatoms. The molecule has 4 rings (SSSR count). The van der Waals surface area contributed by atoms with Gasteiger partial charge in [0.25, 0.3) is 5.70 Å². The van der Waals surface area contributed by atoms with Gasteiger partial charge in [0.1, 0.15) is 13.1 Å². The third kappa shape index (κ3) is 7.64. The van der Waals surface area contributed by atoms with Gasteiger partial charge in [0.15, 0.2) is 5.75 Å². The van der Waals surface area contributed by atoms with E-state index >= 15 is 0 Å². The SMILES string of the molecule is [C-]#[N+]\C(C#N)=C(/C(C#N)=C/C=C1\Oc2ccc(-c3ccccc3)cc2N1CCC[N+](C)(CCO)CCO)c1cccc(C#N)c1. The van der Waals surface area contributed by atoms with Gasteiger partial charge in [-0.05, 0) is 47.0 Å². The monoisotopic (exact) mass is 597 g/mol. The van der Waals surface area contributed by atoms with Crippen molar-refractivity contribution in [2.45, 2.75) is 6.42 Å². The van der Waals surface area contributed by atoms with Gasteiger partial charge in [0.05, 0.1) is 68.4 Å². The lowest BCUT2D eigenvalue weighted by molar-refractivity contribution is -0.910. The fraction of sp³-hybridized carbons (Fsp3) is 0.222. The molecule has 3 aromatic carbocycles. The molecule has 1 aliphatic rings. The summed E-state index contributed by atoms with van der Waals surface area (Å²) in [7, 11) is 2.01. The maximum absolute atomic E-state index is 10.2. The summed E-state index contributed by atoms with van der Waals surface area (Å²) in [6, 6.07) is 28.5. The largest absolute Gasteiger partial charge is 0.439 e. The Morgan fingerprint density at radius 1 is 0.933 bits per heavy atom. The molecule has 0 aliphatic carbocycles. The lowest BCUT2D eigenvalue weighted by Crippen LogP contribution is -2.49. The third-order valence-electron chi connectivity index (χ3n) is 7.71. The second-order valence-corrected chi connectivity index (χ2v) is 10.7. The summed E-state index contributed by atoms with van der Waals surface area (Å²) in [6.07, 6.45) is 3.90. The molecule has 0 saturated carbocycles. The molecule has 2 N–H and O–H groups in total. The van der Waals surface area contributed by atoms with Crippen molar-refractivity contribution in [2.75, 3.05) is 51.3 Å². The molecule has 0 radical (unpaired) electrons. The van der Waals surface area contributed by atoms with Crippen molar-refractivity contribution in [1.82, 2.24) is 0 Å². The third-order valence-corrected chi connectivity index (χ3v) is 7.71. The van der Waals surface area contributed by atoms with Crippen molar-refractivity contribution < 1.29 is 19.4 Å². The molecule has 224 valence electrons. The van der Waals surface area contributed by atoms with E-state index in [2.05, 4.69) is 23.0 Å². The van der Waals surface area contributed by atoms with Crippen LogP contribution in [0.15, 0.2) is 102 Å². The van der Waals surface area contributed by atoms with E-state index in [9.17, 15) is 26.0 Å². The Labute approximate surface area is 263 Å². The molecular weight excluding hydrogens is 564 g/mol. The van der Waals surface area contributed by atoms with Crippen LogP contribution in [0.5, 0.6) is 5.75 Å². The predicted octanol–water partition coefficient (Wildman–Crippen LogP) is 5.39. The number of nitrogens with zero attached hydrogens (tertiary/aromatic N) is 6. The van der Waals surface area contributed by atoms with Crippen LogP contribution in [0.1, 0.15) is 17.5 Å². The van der Waals surface area contributed by atoms with Crippen LogP contribution in [0.25, 0.3) is 21.5 Å². The van der Waals surface area contributed by atoms with Gasteiger partial charge in [-0.25, -0.2) is 10.1 Å². The first-order chi connectivity index (χ1) is 21.9. The van der Waals surface area contributed by atoms with E-state index in [4.69, 9.17) is 11.3 Å². The lowest BCUT2D eigenvalue weighted by Gasteiger charge is -2.34. The fourth-order valence-electron chi connectivity index (χ4n) is 5.33. The van der Waals surface area contributed by atoms with Gasteiger partial charge in [0.2, 0.25) is 5.88 Å². The summed E-state index contributed by atoms with van der Waals surface area (Å²) >= 11 is 0. The van der Waals surface area contributed by atoms with Gasteiger partial charge >= 0.3 is 0 Å². The van der Waals surface area contributed by atoms with Crippen LogP contribution in [0.4, 0.5) is 5.69 Å². The highest BCUT2D eigenvalue weighted by Crippen LogP contribution is 2.42. The number of nitriles is 3. The number of hydrogen-bond donors (Lipinski definition) is 2. The fourth-order valence-corrected chi connectivity index (χ4v) is 5.33. The maximum atomic E-state index is 10.2. The highest BCUT2D eigenvalue weighted by atomic mass is 16.5. The first-order valence-corrected chi connectivity index (χ1v) is 14.4. The Morgan fingerprint density at radius 3 is 2.33 bits per heavy atom. The van der Waals surface area contributed by atoms with E-state index in [-0.39, 0.29) is 30.1 Å². The molecule has 0 aromatic heterocycles. The summed E-state index contributed by atoms with van der Waals surface area (Å²) < 4.78 is 6.79. The van der Waals surface area contributed by atoms with Crippen LogP contribution < -0.4 is 9.64 Å². The number of fused-ring (bicyclic) bond motifs is 1. The van der Waals surface area contributed by atoms with E-state index < -0.39 is 0 Å². The molecule has 0 fully saturated rings. The minimum atomic E-state index is -0.263. The molecule has 0 bridgehead atoms. The normalized spacial score (nSPS) is 14.0. The summed E-state index contributed by atoms with van der Waals surface area (Å²) in [6.45, 7) is 9.89. The van der Waals surface area contributed by atoms with Crippen LogP contribution in [-0.2, 0) is 0 Å². The van der Waals surface area contributed by atoms with Crippen LogP contribution in [0.3, 0.4) is 0 Å². The standard InChI is InChI=1S/C36H33N6O3/c1-40-32(26-39)36(30-11-6-8-27(22-30)24-37)31(25-38)13-15-35-41(16-7-17-42(2,18-20-43)19-21-44)33-23-29(12-14-34(33)45-35)28-9-4-3-5-10-28/h3-6,8-15,22-23,43-44H,7,16-21H2,2H3/q+1/b31-13+,35-15-,36-32-. The topological polar surface area (TPSA) is 129 Å². The van der Waals surface area contributed by atoms with E-state index in [1.807, 2.05) is 60.5 Å². The number of anilines is 1. The predicted molar refractivity (Wildman–Crippen MR) is 171 cm³/mol. The molecule has 1 aliphatic heterocycles. The average molecular weight is 598 g/mol. The van der Waals surface area contributed by atoms with Crippen LogP contribution in [-0.4, -0.2) is 61.1 Å². The molecule has 0 saturated heterocycles. The van der Waals surface area contributed by atoms with Crippen LogP contribution in [0, 0.1) is 40.6 Å². The van der Waals surface area contributed by atoms with E-state index in [1.54, 1.807) is 30.3 Å². The average Bonchev–Trinajstić information content (AvgIpc) is 3.41. The molecule has 1 heterocycles. The number of likely N-dealkylation sites (N-methyl/N-ethyl adjacent to an activating group) is 1. The Morgan fingerprint density at radius 2 is 1.69 bits per heavy atom. The number of aliphatic hydroxyl groups excluding tert-OH is 2. The Hall–Kier alpha value is -5.68. The smallest absolute Gasteiger partial charge is 0.270 e. The number of hydrogen-bond acceptors (Lipinski definition) is 7. The first kappa shape index (κ1) is 32.2. The first-order valence-electron chi connectivity index (χ1n) is 14.4. The van der Waals surface area contributed by atoms with Crippen LogP contribution >= 0.6 is 0 Å². The number of allylic oxidation sites excluding steroid dienone is 5. The molecule has 0 spiro atoms. The quantitative estimate of drug-likeness (QED) is 0.124. The molecule has 0 amide bonds. The summed E-state index contributed by atoms with van der Waals surface area (Å²) in [5.41, 5.74) is 3.62. The lowest BCUT2D eigenvalue weighted by atomic mass is 9.95. The second-order valence-electron chi connectivity index (χ2n) is 10.7. The van der Waals surface area contributed by atoms with Crippen molar-refractivity contribution in [3.8, 4) is 35.1 Å². The van der Waals surface area contributed by atoms with Gasteiger partial charge in [-0.2, -0.15) is 10.5 Å². The highest BCUT2D eigenvalue weighted by molar-refractivity contribution is 5.88. The Bertz CT molecular complexity index is 1780. The zero-order valence-corrected chi connectivity index (χ0v) is 25.0. The van der Waals surface area contributed by atoms with Crippen molar-refractivity contribution >= 4 is 11.3 Å². The van der Waals surface area contributed by atoms with Crippen molar-refractivity contribution in [2.24, 2.45) is 0 Å². The molecule has 3 aromatic rings. The van der Waals surface area contributed by atoms with E-state index in [0.717, 1.165) is 16.8 Å². The van der Waals surface area contributed by atoms with Gasteiger partial charge in [-0.3, -0.25) is 0 Å². The minimum absolute atomic E-state index is 0.0158. The molecule has 0 unspecified atom stereocenters. The number of rotatable bonds is 12. The van der Waals surface area contributed by atoms with Gasteiger partial charge in [-0.15, -0.1) is 0 Å². The van der Waals surface area contributed by atoms with Gasteiger partial charge in [0, 0.05) is 24.6 Å². The van der Waals surface area contributed by atoms with Crippen molar-refractivity contribution in [3.63, 3.8) is 0 Å². The summed E-state index contributed by atoms with van der Waals surface area (Å²) in [4.78, 5) is 5.38. The number of aliphatic hydroxyl groups is 2. The molecule has 0 atom stereocenters. The van der Waals surface area contributed by atoms with Gasteiger partial charge < -0.3 is 24.3 Å². The maximum Gasteiger partial charge on any atom is 0.270 e. The molecular formula is C36H33N6O3+. The number of benzene rings is 3. The second kappa shape index (κ2) is 15.2. The Kier molecular flexibility index (Phi) is 10.9. The zero-order valence-electron chi connectivity index (χ0n) is 25.0. The van der Waals surface area contributed by atoms with Gasteiger partial charge in [-0.1, -0.05) is 48.5 Å².